The fourth-order valence-electron chi connectivity index (χ4n) is 3.51. The Kier molecular flexibility index (Phi) is 14.8. The summed E-state index contributed by atoms with van der Waals surface area (Å²) >= 11 is 0. The summed E-state index contributed by atoms with van der Waals surface area (Å²) in [6.45, 7) is 16.8. The molecule has 0 bridgehead atoms. The summed E-state index contributed by atoms with van der Waals surface area (Å²) in [6.07, 6.45) is 5.84. The van der Waals surface area contributed by atoms with E-state index in [0.717, 1.165) is 55.8 Å². The van der Waals surface area contributed by atoms with Crippen LogP contribution in [0.15, 0.2) is 34.3 Å². The van der Waals surface area contributed by atoms with E-state index in [0.29, 0.717) is 19.8 Å². The highest BCUT2D eigenvalue weighted by Gasteiger charge is 2.39. The summed E-state index contributed by atoms with van der Waals surface area (Å²) in [4.78, 5) is 9.19. The summed E-state index contributed by atoms with van der Waals surface area (Å²) in [6, 6.07) is 10.2. The van der Waals surface area contributed by atoms with Crippen LogP contribution in [-0.2, 0) is 17.7 Å². The van der Waals surface area contributed by atoms with E-state index >= 15 is 0 Å². The van der Waals surface area contributed by atoms with Crippen molar-refractivity contribution in [3.05, 3.63) is 35.4 Å². The van der Waals surface area contributed by atoms with Crippen LogP contribution in [0.2, 0.25) is 25.2 Å². The molecule has 32 heavy (non-hydrogen) atoms. The molecule has 6 nitrogen and oxygen atoms in total. The standard InChI is InChI=1S/C24H44N2O4Si2/c1-7-27-31(5,6)18-12-16-25-21-23-14-11-15-24(20-23)22-26-17-13-19-32(28-8-2,29-9-3)30-10-4/h11,14-15,20-22H,7-10,12-13,16-19H2,1-6H3/b25-21+,26-22+. The fraction of sp³-hybridized carbons (Fsp3) is 0.667. The molecule has 0 aromatic heterocycles. The molecule has 0 amide bonds. The number of nitrogens with zero attached hydrogens (tertiary/aromatic N) is 2. The van der Waals surface area contributed by atoms with Gasteiger partial charge in [0.25, 0.3) is 0 Å². The van der Waals surface area contributed by atoms with Crippen molar-refractivity contribution in [3.63, 3.8) is 0 Å². The first-order valence-corrected chi connectivity index (χ1v) is 17.1. The third kappa shape index (κ3) is 12.2. The molecule has 182 valence electrons. The van der Waals surface area contributed by atoms with Crippen molar-refractivity contribution >= 4 is 29.6 Å². The van der Waals surface area contributed by atoms with Crippen molar-refractivity contribution in [2.75, 3.05) is 39.5 Å². The quantitative estimate of drug-likeness (QED) is 0.156. The molecule has 0 aliphatic carbocycles. The molecule has 0 unspecified atom stereocenters. The molecule has 0 spiro atoms. The summed E-state index contributed by atoms with van der Waals surface area (Å²) in [5.74, 6) is 0. The molecule has 0 saturated heterocycles. The molecule has 8 heteroatoms. The lowest BCUT2D eigenvalue weighted by Gasteiger charge is -2.28. The van der Waals surface area contributed by atoms with Gasteiger partial charge < -0.3 is 17.7 Å². The molecule has 0 saturated carbocycles. The molecule has 0 atom stereocenters. The number of hydrogen-bond donors (Lipinski definition) is 0. The molecule has 1 rings (SSSR count). The minimum atomic E-state index is -2.57. The highest BCUT2D eigenvalue weighted by atomic mass is 28.4. The SMILES string of the molecule is CCO[Si](C)(C)CCC/N=C/c1cccc(/C=N/CCC[Si](OCC)(OCC)OCC)c1. The van der Waals surface area contributed by atoms with Crippen LogP contribution in [0.4, 0.5) is 0 Å². The van der Waals surface area contributed by atoms with E-state index in [1.54, 1.807) is 0 Å². The summed E-state index contributed by atoms with van der Waals surface area (Å²) < 4.78 is 23.6. The Hall–Kier alpha value is -1.17. The zero-order valence-corrected chi connectivity index (χ0v) is 23.1. The van der Waals surface area contributed by atoms with Crippen LogP contribution in [0.1, 0.15) is 51.7 Å². The Balaban J connectivity index is 2.49. The van der Waals surface area contributed by atoms with Crippen molar-refractivity contribution in [1.82, 2.24) is 0 Å². The average Bonchev–Trinajstić information content (AvgIpc) is 2.74. The topological polar surface area (TPSA) is 61.6 Å². The monoisotopic (exact) mass is 480 g/mol. The van der Waals surface area contributed by atoms with Crippen LogP contribution < -0.4 is 0 Å². The Morgan fingerprint density at radius 2 is 1.19 bits per heavy atom. The number of aliphatic imine (C=N–C) groups is 2. The van der Waals surface area contributed by atoms with E-state index in [1.807, 2.05) is 39.3 Å². The molecule has 0 heterocycles. The van der Waals surface area contributed by atoms with Gasteiger partial charge >= 0.3 is 8.80 Å². The third-order valence-electron chi connectivity index (χ3n) is 4.86. The molecule has 0 aliphatic rings. The van der Waals surface area contributed by atoms with Crippen molar-refractivity contribution in [2.45, 2.75) is 65.7 Å². The lowest BCUT2D eigenvalue weighted by molar-refractivity contribution is 0.0710. The Labute approximate surface area is 198 Å². The second kappa shape index (κ2) is 16.4. The molecule has 1 aromatic carbocycles. The third-order valence-corrected chi connectivity index (χ3v) is 10.6. The minimum absolute atomic E-state index is 0.607. The predicted molar refractivity (Wildman–Crippen MR) is 140 cm³/mol. The van der Waals surface area contributed by atoms with Gasteiger partial charge in [0.05, 0.1) is 0 Å². The smallest absolute Gasteiger partial charge is 0.418 e. The van der Waals surface area contributed by atoms with Gasteiger partial charge in [0.2, 0.25) is 0 Å². The van der Waals surface area contributed by atoms with Crippen LogP contribution in [0.5, 0.6) is 0 Å². The maximum atomic E-state index is 5.90. The molecule has 0 fully saturated rings. The van der Waals surface area contributed by atoms with Crippen molar-refractivity contribution in [2.24, 2.45) is 9.98 Å². The number of hydrogen-bond acceptors (Lipinski definition) is 6. The maximum absolute atomic E-state index is 5.90. The first-order chi connectivity index (χ1) is 15.4. The zero-order chi connectivity index (χ0) is 23.7. The molecular formula is C24H44N2O4Si2. The fourth-order valence-corrected chi connectivity index (χ4v) is 8.04. The second-order valence-electron chi connectivity index (χ2n) is 8.12. The van der Waals surface area contributed by atoms with Gasteiger partial charge in [-0.1, -0.05) is 18.2 Å². The normalized spacial score (nSPS) is 12.9. The van der Waals surface area contributed by atoms with Gasteiger partial charge in [-0.3, -0.25) is 9.98 Å². The number of rotatable bonds is 18. The van der Waals surface area contributed by atoms with E-state index in [-0.39, 0.29) is 0 Å². The Morgan fingerprint density at radius 1 is 0.719 bits per heavy atom. The van der Waals surface area contributed by atoms with Gasteiger partial charge in [0.15, 0.2) is 8.32 Å². The minimum Gasteiger partial charge on any atom is -0.418 e. The van der Waals surface area contributed by atoms with Crippen LogP contribution in [0.25, 0.3) is 0 Å². The van der Waals surface area contributed by atoms with E-state index < -0.39 is 17.1 Å². The van der Waals surface area contributed by atoms with Crippen LogP contribution in [-0.4, -0.2) is 69.1 Å². The second-order valence-corrected chi connectivity index (χ2v) is 15.2. The van der Waals surface area contributed by atoms with Gasteiger partial charge in [-0.15, -0.1) is 0 Å². The van der Waals surface area contributed by atoms with E-state index in [1.165, 1.54) is 0 Å². The summed E-state index contributed by atoms with van der Waals surface area (Å²) in [5, 5.41) is 0. The predicted octanol–water partition coefficient (Wildman–Crippen LogP) is 5.59. The van der Waals surface area contributed by atoms with E-state index in [9.17, 15) is 0 Å². The van der Waals surface area contributed by atoms with Crippen LogP contribution >= 0.6 is 0 Å². The lowest BCUT2D eigenvalue weighted by atomic mass is 10.1. The lowest BCUT2D eigenvalue weighted by Crippen LogP contribution is -2.46. The van der Waals surface area contributed by atoms with Gasteiger partial charge in [-0.25, -0.2) is 0 Å². The van der Waals surface area contributed by atoms with E-state index in [4.69, 9.17) is 17.7 Å². The molecule has 0 radical (unpaired) electrons. The Bertz CT molecular complexity index is 667. The van der Waals surface area contributed by atoms with Crippen molar-refractivity contribution < 1.29 is 17.7 Å². The molecular weight excluding hydrogens is 436 g/mol. The highest BCUT2D eigenvalue weighted by molar-refractivity contribution is 6.71. The maximum Gasteiger partial charge on any atom is 0.500 e. The van der Waals surface area contributed by atoms with Crippen molar-refractivity contribution in [1.29, 1.82) is 0 Å². The Morgan fingerprint density at radius 3 is 1.66 bits per heavy atom. The molecule has 1 aromatic rings. The van der Waals surface area contributed by atoms with Crippen LogP contribution in [0, 0.1) is 0 Å². The summed E-state index contributed by atoms with van der Waals surface area (Å²) in [5.41, 5.74) is 2.19. The highest BCUT2D eigenvalue weighted by Crippen LogP contribution is 2.18. The molecule has 0 N–H and O–H groups in total. The van der Waals surface area contributed by atoms with Crippen molar-refractivity contribution in [3.8, 4) is 0 Å². The first kappa shape index (κ1) is 28.9. The van der Waals surface area contributed by atoms with Gasteiger partial charge in [-0.05, 0) is 76.9 Å². The number of benzene rings is 1. The van der Waals surface area contributed by atoms with Gasteiger partial charge in [0, 0.05) is 58.0 Å². The molecule has 0 aliphatic heterocycles. The van der Waals surface area contributed by atoms with Crippen LogP contribution in [0.3, 0.4) is 0 Å². The van der Waals surface area contributed by atoms with Gasteiger partial charge in [0.1, 0.15) is 0 Å². The average molecular weight is 481 g/mol. The zero-order valence-electron chi connectivity index (χ0n) is 21.1. The van der Waals surface area contributed by atoms with E-state index in [2.05, 4.69) is 48.2 Å². The first-order valence-electron chi connectivity index (χ1n) is 12.1. The van der Waals surface area contributed by atoms with Gasteiger partial charge in [-0.2, -0.15) is 0 Å². The largest absolute Gasteiger partial charge is 0.500 e. The summed E-state index contributed by atoms with van der Waals surface area (Å²) in [7, 11) is -4.07.